The van der Waals surface area contributed by atoms with Crippen molar-refractivity contribution in [1.82, 2.24) is 5.32 Å². The summed E-state index contributed by atoms with van der Waals surface area (Å²) in [6.07, 6.45) is 1.42. The highest BCUT2D eigenvalue weighted by Crippen LogP contribution is 2.65. The van der Waals surface area contributed by atoms with E-state index in [0.29, 0.717) is 10.8 Å². The second-order valence-corrected chi connectivity index (χ2v) is 5.68. The Labute approximate surface area is 104 Å². The molecule has 1 aliphatic heterocycles. The highest BCUT2D eigenvalue weighted by Gasteiger charge is 2.64. The van der Waals surface area contributed by atoms with Crippen LogP contribution in [-0.4, -0.2) is 13.1 Å². The molecule has 1 aromatic rings. The summed E-state index contributed by atoms with van der Waals surface area (Å²) in [4.78, 5) is 0. The average molecular weight is 238 g/mol. The lowest BCUT2D eigenvalue weighted by atomic mass is 9.70. The maximum absolute atomic E-state index is 3.54. The third-order valence-electron chi connectivity index (χ3n) is 4.80. The molecule has 2 aliphatic rings. The van der Waals surface area contributed by atoms with Crippen LogP contribution in [0.2, 0.25) is 0 Å². The van der Waals surface area contributed by atoms with Gasteiger partial charge in [-0.05, 0) is 35.3 Å². The highest BCUT2D eigenvalue weighted by molar-refractivity contribution is 5.85. The zero-order chi connectivity index (χ0) is 10.5. The van der Waals surface area contributed by atoms with Crippen LogP contribution < -0.4 is 5.32 Å². The van der Waals surface area contributed by atoms with Crippen LogP contribution in [0.1, 0.15) is 25.8 Å². The number of benzene rings is 1. The molecule has 1 aliphatic carbocycles. The van der Waals surface area contributed by atoms with Gasteiger partial charge in [-0.25, -0.2) is 0 Å². The van der Waals surface area contributed by atoms with Crippen LogP contribution in [0.15, 0.2) is 30.3 Å². The van der Waals surface area contributed by atoms with Gasteiger partial charge in [-0.3, -0.25) is 0 Å². The van der Waals surface area contributed by atoms with Gasteiger partial charge in [0, 0.05) is 6.54 Å². The molecule has 1 N–H and O–H groups in total. The van der Waals surface area contributed by atoms with E-state index in [1.54, 1.807) is 0 Å². The number of piperidine rings is 1. The number of nitrogens with one attached hydrogen (secondary N) is 1. The molecule has 1 saturated heterocycles. The zero-order valence-electron chi connectivity index (χ0n) is 9.99. The molecule has 1 nitrogen and oxygen atoms in total. The normalized spacial score (nSPS) is 31.8. The second kappa shape index (κ2) is 3.75. The molecule has 2 fully saturated rings. The molecule has 2 unspecified atom stereocenters. The van der Waals surface area contributed by atoms with Crippen LogP contribution in [0, 0.1) is 11.3 Å². The smallest absolute Gasteiger partial charge is 0.00195 e. The van der Waals surface area contributed by atoms with Crippen molar-refractivity contribution in [2.45, 2.75) is 25.7 Å². The molecule has 16 heavy (non-hydrogen) atoms. The first kappa shape index (κ1) is 11.9. The van der Waals surface area contributed by atoms with Crippen LogP contribution in [0.5, 0.6) is 0 Å². The fourth-order valence-corrected chi connectivity index (χ4v) is 3.46. The number of fused-ring (bicyclic) bond motifs is 1. The summed E-state index contributed by atoms with van der Waals surface area (Å²) in [5, 5.41) is 3.54. The van der Waals surface area contributed by atoms with Crippen molar-refractivity contribution in [2.24, 2.45) is 11.3 Å². The molecular formula is C14H20ClN. The van der Waals surface area contributed by atoms with E-state index >= 15 is 0 Å². The van der Waals surface area contributed by atoms with Crippen molar-refractivity contribution < 1.29 is 0 Å². The molecule has 3 rings (SSSR count). The fraction of sp³-hybridized carbons (Fsp3) is 0.571. The third-order valence-corrected chi connectivity index (χ3v) is 4.80. The Morgan fingerprint density at radius 1 is 1.25 bits per heavy atom. The molecule has 1 heterocycles. The van der Waals surface area contributed by atoms with E-state index in [9.17, 15) is 0 Å². The van der Waals surface area contributed by atoms with Crippen molar-refractivity contribution >= 4 is 12.4 Å². The largest absolute Gasteiger partial charge is 0.316 e. The number of halogens is 1. The molecule has 1 saturated carbocycles. The van der Waals surface area contributed by atoms with Gasteiger partial charge in [0.05, 0.1) is 0 Å². The lowest BCUT2D eigenvalue weighted by Crippen LogP contribution is -2.35. The predicted molar refractivity (Wildman–Crippen MR) is 70.1 cm³/mol. The minimum absolute atomic E-state index is 0. The van der Waals surface area contributed by atoms with Gasteiger partial charge in [0.25, 0.3) is 0 Å². The van der Waals surface area contributed by atoms with Crippen LogP contribution >= 0.6 is 12.4 Å². The first-order valence-corrected chi connectivity index (χ1v) is 5.93. The molecule has 2 heteroatoms. The van der Waals surface area contributed by atoms with Gasteiger partial charge in [-0.15, -0.1) is 12.4 Å². The number of hydrogen-bond donors (Lipinski definition) is 1. The topological polar surface area (TPSA) is 12.0 Å². The second-order valence-electron chi connectivity index (χ2n) is 5.68. The Morgan fingerprint density at radius 2 is 1.94 bits per heavy atom. The molecule has 0 amide bonds. The maximum atomic E-state index is 3.54. The Morgan fingerprint density at radius 3 is 2.44 bits per heavy atom. The van der Waals surface area contributed by atoms with Crippen LogP contribution in [0.4, 0.5) is 0 Å². The molecule has 88 valence electrons. The lowest BCUT2D eigenvalue weighted by molar-refractivity contribution is 0.295. The number of rotatable bonds is 2. The summed E-state index contributed by atoms with van der Waals surface area (Å²) in [5.41, 5.74) is 2.37. The fourth-order valence-electron chi connectivity index (χ4n) is 3.46. The Kier molecular flexibility index (Phi) is 2.80. The Hall–Kier alpha value is -0.530. The van der Waals surface area contributed by atoms with E-state index in [2.05, 4.69) is 49.5 Å². The summed E-state index contributed by atoms with van der Waals surface area (Å²) < 4.78 is 0. The standard InChI is InChI=1S/C14H19N.ClH/c1-13(2,11-6-4-3-5-7-11)14-8-12(14)9-15-10-14;/h3-7,12,15H,8-10H2,1-2H3;1H. The third kappa shape index (κ3) is 1.42. The van der Waals surface area contributed by atoms with Crippen molar-refractivity contribution in [3.8, 4) is 0 Å². The Balaban J connectivity index is 0.000000963. The van der Waals surface area contributed by atoms with Gasteiger partial charge in [0.1, 0.15) is 0 Å². The van der Waals surface area contributed by atoms with Crippen LogP contribution in [0.25, 0.3) is 0 Å². The summed E-state index contributed by atoms with van der Waals surface area (Å²) in [7, 11) is 0. The van der Waals surface area contributed by atoms with Gasteiger partial charge in [-0.1, -0.05) is 44.2 Å². The number of hydrogen-bond acceptors (Lipinski definition) is 1. The van der Waals surface area contributed by atoms with E-state index in [1.165, 1.54) is 25.1 Å². The van der Waals surface area contributed by atoms with E-state index in [1.807, 2.05) is 0 Å². The van der Waals surface area contributed by atoms with Crippen LogP contribution in [-0.2, 0) is 5.41 Å². The molecule has 0 aromatic heterocycles. The summed E-state index contributed by atoms with van der Waals surface area (Å²) >= 11 is 0. The van der Waals surface area contributed by atoms with Crippen molar-refractivity contribution in [3.05, 3.63) is 35.9 Å². The van der Waals surface area contributed by atoms with Crippen molar-refractivity contribution in [2.75, 3.05) is 13.1 Å². The van der Waals surface area contributed by atoms with Gasteiger partial charge in [0.15, 0.2) is 0 Å². The minimum atomic E-state index is 0. The van der Waals surface area contributed by atoms with Crippen molar-refractivity contribution in [1.29, 1.82) is 0 Å². The predicted octanol–water partition coefficient (Wildman–Crippen LogP) is 3.00. The molecule has 0 radical (unpaired) electrons. The first-order valence-electron chi connectivity index (χ1n) is 5.93. The van der Waals surface area contributed by atoms with Gasteiger partial charge < -0.3 is 5.32 Å². The van der Waals surface area contributed by atoms with Gasteiger partial charge in [-0.2, -0.15) is 0 Å². The minimum Gasteiger partial charge on any atom is -0.316 e. The summed E-state index contributed by atoms with van der Waals surface area (Å²) in [5.74, 6) is 0.924. The lowest BCUT2D eigenvalue weighted by Gasteiger charge is -2.34. The zero-order valence-corrected chi connectivity index (χ0v) is 10.8. The molecule has 0 bridgehead atoms. The highest BCUT2D eigenvalue weighted by atomic mass is 35.5. The first-order chi connectivity index (χ1) is 7.17. The monoisotopic (exact) mass is 237 g/mol. The molecule has 1 aromatic carbocycles. The summed E-state index contributed by atoms with van der Waals surface area (Å²) in [6, 6.07) is 11.0. The molecular weight excluding hydrogens is 218 g/mol. The summed E-state index contributed by atoms with van der Waals surface area (Å²) in [6.45, 7) is 7.26. The Bertz CT molecular complexity index is 374. The van der Waals surface area contributed by atoms with E-state index in [0.717, 1.165) is 5.92 Å². The quantitative estimate of drug-likeness (QED) is 0.834. The van der Waals surface area contributed by atoms with Gasteiger partial charge in [0.2, 0.25) is 0 Å². The van der Waals surface area contributed by atoms with Gasteiger partial charge >= 0.3 is 0 Å². The maximum Gasteiger partial charge on any atom is 0.00195 e. The van der Waals surface area contributed by atoms with E-state index in [4.69, 9.17) is 0 Å². The van der Waals surface area contributed by atoms with Crippen molar-refractivity contribution in [3.63, 3.8) is 0 Å². The van der Waals surface area contributed by atoms with E-state index in [-0.39, 0.29) is 12.4 Å². The SMILES string of the molecule is CC(C)(c1ccccc1)C12CNCC1C2.Cl. The van der Waals surface area contributed by atoms with Crippen LogP contribution in [0.3, 0.4) is 0 Å². The molecule has 0 spiro atoms. The average Bonchev–Trinajstić information content (AvgIpc) is 2.84. The molecule has 2 atom stereocenters. The van der Waals surface area contributed by atoms with E-state index < -0.39 is 0 Å².